The molecule has 0 atom stereocenters. The first-order valence-corrected chi connectivity index (χ1v) is 7.88. The molecule has 0 saturated carbocycles. The second kappa shape index (κ2) is 6.50. The lowest BCUT2D eigenvalue weighted by Crippen LogP contribution is -2.30. The lowest BCUT2D eigenvalue weighted by atomic mass is 10.1. The largest absolute Gasteiger partial charge is 0.416 e. The molecule has 0 radical (unpaired) electrons. The van der Waals surface area contributed by atoms with E-state index in [2.05, 4.69) is 36.5 Å². The highest BCUT2D eigenvalue weighted by atomic mass is 79.9. The molecule has 0 fully saturated rings. The van der Waals surface area contributed by atoms with E-state index in [1.165, 1.54) is 0 Å². The number of halogens is 1. The van der Waals surface area contributed by atoms with Crippen molar-refractivity contribution in [1.29, 1.82) is 0 Å². The van der Waals surface area contributed by atoms with Gasteiger partial charge in [0.15, 0.2) is 0 Å². The SMILES string of the molecule is Cc1nc(C)c(-c2nnc(-c3ccc(Br)cc3)o2)cc1C(=O)NN. The molecule has 3 N–H and O–H groups in total. The summed E-state index contributed by atoms with van der Waals surface area (Å²) in [5, 5.41) is 8.14. The number of hydrogen-bond donors (Lipinski definition) is 2. The van der Waals surface area contributed by atoms with Crippen LogP contribution in [0.1, 0.15) is 21.7 Å². The number of nitrogens with zero attached hydrogens (tertiary/aromatic N) is 3. The molecule has 3 rings (SSSR count). The van der Waals surface area contributed by atoms with Crippen molar-refractivity contribution >= 4 is 21.8 Å². The third kappa shape index (κ3) is 3.06. The minimum atomic E-state index is -0.422. The van der Waals surface area contributed by atoms with Crippen LogP contribution in [0.5, 0.6) is 0 Å². The van der Waals surface area contributed by atoms with E-state index in [9.17, 15) is 4.79 Å². The predicted octanol–water partition coefficient (Wildman–Crippen LogP) is 2.78. The Morgan fingerprint density at radius 1 is 1.12 bits per heavy atom. The lowest BCUT2D eigenvalue weighted by molar-refractivity contribution is 0.0952. The first-order chi connectivity index (χ1) is 11.5. The number of aromatic nitrogens is 3. The van der Waals surface area contributed by atoms with Crippen molar-refractivity contribution in [1.82, 2.24) is 20.6 Å². The zero-order chi connectivity index (χ0) is 17.3. The quantitative estimate of drug-likeness (QED) is 0.406. The van der Waals surface area contributed by atoms with Crippen LogP contribution in [0.25, 0.3) is 22.9 Å². The molecule has 2 aromatic heterocycles. The van der Waals surface area contributed by atoms with Gasteiger partial charge in [0.05, 0.1) is 22.5 Å². The molecule has 2 heterocycles. The van der Waals surface area contributed by atoms with Crippen LogP contribution in [0.15, 0.2) is 39.2 Å². The molecule has 0 saturated heterocycles. The highest BCUT2D eigenvalue weighted by Crippen LogP contribution is 2.27. The Balaban J connectivity index is 2.04. The second-order valence-corrected chi connectivity index (χ2v) is 6.06. The fourth-order valence-electron chi connectivity index (χ4n) is 2.29. The van der Waals surface area contributed by atoms with E-state index in [0.717, 1.165) is 10.0 Å². The van der Waals surface area contributed by atoms with Gasteiger partial charge < -0.3 is 4.42 Å². The van der Waals surface area contributed by atoms with E-state index >= 15 is 0 Å². The normalized spacial score (nSPS) is 10.7. The predicted molar refractivity (Wildman–Crippen MR) is 91.8 cm³/mol. The van der Waals surface area contributed by atoms with Crippen LogP contribution in [0.4, 0.5) is 0 Å². The monoisotopic (exact) mass is 387 g/mol. The van der Waals surface area contributed by atoms with Crippen LogP contribution in [0.3, 0.4) is 0 Å². The van der Waals surface area contributed by atoms with Crippen LogP contribution < -0.4 is 11.3 Å². The first-order valence-electron chi connectivity index (χ1n) is 7.08. The van der Waals surface area contributed by atoms with E-state index < -0.39 is 5.91 Å². The minimum absolute atomic E-state index is 0.295. The zero-order valence-electron chi connectivity index (χ0n) is 13.0. The maximum Gasteiger partial charge on any atom is 0.267 e. The summed E-state index contributed by atoms with van der Waals surface area (Å²) in [4.78, 5) is 16.2. The average molecular weight is 388 g/mol. The molecule has 1 aromatic carbocycles. The molecular formula is C16H14BrN5O2. The summed E-state index contributed by atoms with van der Waals surface area (Å²) in [6.07, 6.45) is 0. The van der Waals surface area contributed by atoms with Crippen LogP contribution in [-0.4, -0.2) is 21.1 Å². The van der Waals surface area contributed by atoms with E-state index in [1.54, 1.807) is 13.0 Å². The summed E-state index contributed by atoms with van der Waals surface area (Å²) in [5.41, 5.74) is 5.13. The first kappa shape index (κ1) is 16.3. The van der Waals surface area contributed by atoms with Gasteiger partial charge in [0, 0.05) is 10.0 Å². The number of hydrazine groups is 1. The van der Waals surface area contributed by atoms with Crippen LogP contribution >= 0.6 is 15.9 Å². The van der Waals surface area contributed by atoms with Gasteiger partial charge in [-0.3, -0.25) is 15.2 Å². The number of rotatable bonds is 3. The summed E-state index contributed by atoms with van der Waals surface area (Å²) in [6, 6.07) is 9.17. The number of hydrogen-bond acceptors (Lipinski definition) is 6. The molecule has 0 aliphatic rings. The highest BCUT2D eigenvalue weighted by molar-refractivity contribution is 9.10. The molecule has 122 valence electrons. The molecule has 0 spiro atoms. The Morgan fingerprint density at radius 2 is 1.79 bits per heavy atom. The van der Waals surface area contributed by atoms with Crippen molar-refractivity contribution < 1.29 is 9.21 Å². The molecule has 0 unspecified atom stereocenters. The Morgan fingerprint density at radius 3 is 2.46 bits per heavy atom. The maximum absolute atomic E-state index is 11.8. The summed E-state index contributed by atoms with van der Waals surface area (Å²) in [7, 11) is 0. The van der Waals surface area contributed by atoms with Gasteiger partial charge in [-0.2, -0.15) is 0 Å². The van der Waals surface area contributed by atoms with Crippen molar-refractivity contribution in [2.24, 2.45) is 5.84 Å². The third-order valence-electron chi connectivity index (χ3n) is 3.53. The fraction of sp³-hybridized carbons (Fsp3) is 0.125. The van der Waals surface area contributed by atoms with Gasteiger partial charge in [0.1, 0.15) is 0 Å². The number of aryl methyl sites for hydroxylation is 2. The van der Waals surface area contributed by atoms with E-state index in [1.807, 2.05) is 31.2 Å². The van der Waals surface area contributed by atoms with Gasteiger partial charge >= 0.3 is 0 Å². The summed E-state index contributed by atoms with van der Waals surface area (Å²) in [6.45, 7) is 3.55. The molecule has 24 heavy (non-hydrogen) atoms. The summed E-state index contributed by atoms with van der Waals surface area (Å²) < 4.78 is 6.70. The summed E-state index contributed by atoms with van der Waals surface area (Å²) >= 11 is 3.38. The fourth-order valence-corrected chi connectivity index (χ4v) is 2.55. The van der Waals surface area contributed by atoms with Crippen LogP contribution in [0.2, 0.25) is 0 Å². The van der Waals surface area contributed by atoms with E-state index in [4.69, 9.17) is 10.3 Å². The molecule has 0 aliphatic heterocycles. The highest BCUT2D eigenvalue weighted by Gasteiger charge is 2.18. The number of nitrogens with one attached hydrogen (secondary N) is 1. The third-order valence-corrected chi connectivity index (χ3v) is 4.05. The van der Waals surface area contributed by atoms with Gasteiger partial charge in [-0.05, 0) is 44.2 Å². The number of benzene rings is 1. The molecule has 7 nitrogen and oxygen atoms in total. The van der Waals surface area contributed by atoms with Gasteiger partial charge in [-0.25, -0.2) is 5.84 Å². The molecule has 1 amide bonds. The standard InChI is InChI=1S/C16H14BrN5O2/c1-8-12(14(23)20-18)7-13(9(2)19-8)16-22-21-15(24-16)10-3-5-11(17)6-4-10/h3-7H,18H2,1-2H3,(H,20,23). The Kier molecular flexibility index (Phi) is 4.41. The Hall–Kier alpha value is -2.58. The minimum Gasteiger partial charge on any atom is -0.416 e. The Labute approximate surface area is 146 Å². The van der Waals surface area contributed by atoms with E-state index in [-0.39, 0.29) is 0 Å². The Bertz CT molecular complexity index is 905. The van der Waals surface area contributed by atoms with E-state index in [0.29, 0.717) is 34.3 Å². The number of carbonyl (C=O) groups excluding carboxylic acids is 1. The number of carbonyl (C=O) groups is 1. The average Bonchev–Trinajstić information content (AvgIpc) is 3.04. The molecule has 3 aromatic rings. The number of nitrogens with two attached hydrogens (primary N) is 1. The summed E-state index contributed by atoms with van der Waals surface area (Å²) in [5.74, 6) is 5.47. The van der Waals surface area contributed by atoms with Crippen molar-refractivity contribution in [3.05, 3.63) is 51.8 Å². The van der Waals surface area contributed by atoms with Crippen molar-refractivity contribution in [2.45, 2.75) is 13.8 Å². The molecule has 8 heteroatoms. The number of amides is 1. The number of nitrogen functional groups attached to an aromatic ring is 1. The topological polar surface area (TPSA) is 107 Å². The van der Waals surface area contributed by atoms with Gasteiger partial charge in [-0.15, -0.1) is 10.2 Å². The molecular weight excluding hydrogens is 374 g/mol. The van der Waals surface area contributed by atoms with Crippen molar-refractivity contribution in [3.8, 4) is 22.9 Å². The van der Waals surface area contributed by atoms with Crippen molar-refractivity contribution in [3.63, 3.8) is 0 Å². The van der Waals surface area contributed by atoms with Crippen LogP contribution in [-0.2, 0) is 0 Å². The van der Waals surface area contributed by atoms with Gasteiger partial charge in [0.25, 0.3) is 5.91 Å². The van der Waals surface area contributed by atoms with Crippen molar-refractivity contribution in [2.75, 3.05) is 0 Å². The molecule has 0 aliphatic carbocycles. The smallest absolute Gasteiger partial charge is 0.267 e. The zero-order valence-corrected chi connectivity index (χ0v) is 14.6. The second-order valence-electron chi connectivity index (χ2n) is 5.15. The molecule has 0 bridgehead atoms. The van der Waals surface area contributed by atoms with Gasteiger partial charge in [-0.1, -0.05) is 15.9 Å². The lowest BCUT2D eigenvalue weighted by Gasteiger charge is -2.07. The van der Waals surface area contributed by atoms with Crippen LogP contribution in [0, 0.1) is 13.8 Å². The van der Waals surface area contributed by atoms with Gasteiger partial charge in [0.2, 0.25) is 11.8 Å². The number of pyridine rings is 1. The maximum atomic E-state index is 11.8.